The first kappa shape index (κ1) is 20.5. The van der Waals surface area contributed by atoms with Crippen LogP contribution in [0, 0.1) is 23.7 Å². The summed E-state index contributed by atoms with van der Waals surface area (Å²) >= 11 is 0. The van der Waals surface area contributed by atoms with E-state index in [0.29, 0.717) is 24.1 Å². The van der Waals surface area contributed by atoms with Crippen LogP contribution in [0.3, 0.4) is 0 Å². The van der Waals surface area contributed by atoms with Crippen LogP contribution in [0.25, 0.3) is 0 Å². The Morgan fingerprint density at radius 3 is 2.58 bits per heavy atom. The van der Waals surface area contributed by atoms with Gasteiger partial charge in [0.1, 0.15) is 5.82 Å². The van der Waals surface area contributed by atoms with Gasteiger partial charge in [-0.1, -0.05) is 43.7 Å². The first-order valence-corrected chi connectivity index (χ1v) is 10.1. The average molecular weight is 416 g/mol. The van der Waals surface area contributed by atoms with Crippen molar-refractivity contribution in [1.29, 1.82) is 5.26 Å². The molecule has 0 saturated carbocycles. The minimum atomic E-state index is -0.569. The van der Waals surface area contributed by atoms with Gasteiger partial charge in [-0.15, -0.1) is 0 Å². The van der Waals surface area contributed by atoms with Gasteiger partial charge in [0.2, 0.25) is 0 Å². The summed E-state index contributed by atoms with van der Waals surface area (Å²) in [6.45, 7) is 5.98. The zero-order valence-electron chi connectivity index (χ0n) is 17.7. The molecule has 7 nitrogen and oxygen atoms in total. The fourth-order valence-corrected chi connectivity index (χ4v) is 4.29. The molecule has 1 aliphatic carbocycles. The number of furan rings is 1. The van der Waals surface area contributed by atoms with Gasteiger partial charge in [-0.2, -0.15) is 5.26 Å². The van der Waals surface area contributed by atoms with E-state index in [2.05, 4.69) is 11.5 Å². The number of nitrogens with two attached hydrogens (primary N) is 1. The number of hydrogen-bond acceptors (Lipinski definition) is 6. The summed E-state index contributed by atoms with van der Waals surface area (Å²) in [5.74, 6) is -0.912. The molecular formula is C24H24N4O3. The molecule has 0 bridgehead atoms. The number of hydrogen-bond donors (Lipinski definition) is 2. The fraction of sp³-hybridized carbons (Fsp3) is 0.292. The van der Waals surface area contributed by atoms with Crippen molar-refractivity contribution in [2.24, 2.45) is 11.1 Å². The zero-order valence-corrected chi connectivity index (χ0v) is 17.7. The number of hydrazine groups is 1. The molecule has 3 N–H and O–H groups in total. The number of carbonyl (C=O) groups excluding carboxylic acids is 2. The molecule has 31 heavy (non-hydrogen) atoms. The molecule has 1 aliphatic heterocycles. The highest BCUT2D eigenvalue weighted by Gasteiger charge is 2.44. The second-order valence-corrected chi connectivity index (χ2v) is 8.81. The molecule has 2 aliphatic rings. The summed E-state index contributed by atoms with van der Waals surface area (Å²) in [6, 6.07) is 13.0. The highest BCUT2D eigenvalue weighted by atomic mass is 16.3. The molecule has 0 radical (unpaired) electrons. The first-order valence-electron chi connectivity index (χ1n) is 10.1. The monoisotopic (exact) mass is 416 g/mol. The molecule has 7 heteroatoms. The number of ketones is 1. The minimum absolute atomic E-state index is 0.0469. The number of aryl methyl sites for hydroxylation is 1. The Balaban J connectivity index is 1.87. The van der Waals surface area contributed by atoms with Crippen molar-refractivity contribution in [1.82, 2.24) is 10.4 Å². The molecule has 1 amide bonds. The molecular weight excluding hydrogens is 392 g/mol. The van der Waals surface area contributed by atoms with Gasteiger partial charge in [0.25, 0.3) is 0 Å². The smallest absolute Gasteiger partial charge is 0.305 e. The van der Waals surface area contributed by atoms with Crippen LogP contribution in [0.4, 0.5) is 0 Å². The zero-order chi connectivity index (χ0) is 22.3. The quantitative estimate of drug-likeness (QED) is 0.789. The summed E-state index contributed by atoms with van der Waals surface area (Å²) in [4.78, 5) is 26.0. The van der Waals surface area contributed by atoms with Gasteiger partial charge in [0, 0.05) is 12.0 Å². The van der Waals surface area contributed by atoms with E-state index in [-0.39, 0.29) is 28.4 Å². The number of Topliss-reactive ketones (excluding diaryl/α,β-unsaturated/α-hetero) is 1. The topological polar surface area (TPSA) is 112 Å². The Bertz CT molecular complexity index is 1150. The number of nitriles is 1. The maximum Gasteiger partial charge on any atom is 0.305 e. The molecule has 1 atom stereocenters. The summed E-state index contributed by atoms with van der Waals surface area (Å²) in [6.07, 6.45) is 2.28. The Morgan fingerprint density at radius 2 is 1.97 bits per heavy atom. The third-order valence-electron chi connectivity index (χ3n) is 5.75. The van der Waals surface area contributed by atoms with Crippen molar-refractivity contribution in [3.8, 4) is 6.07 Å². The summed E-state index contributed by atoms with van der Waals surface area (Å²) in [5, 5.41) is 11.4. The number of amides is 1. The molecule has 2 heterocycles. The van der Waals surface area contributed by atoms with Crippen molar-refractivity contribution in [2.45, 2.75) is 39.5 Å². The summed E-state index contributed by atoms with van der Waals surface area (Å²) in [5.41, 5.74) is 12.1. The molecule has 158 valence electrons. The van der Waals surface area contributed by atoms with Crippen LogP contribution in [0.1, 0.15) is 54.3 Å². The van der Waals surface area contributed by atoms with E-state index in [0.717, 1.165) is 11.1 Å². The van der Waals surface area contributed by atoms with Gasteiger partial charge in [-0.25, -0.2) is 5.01 Å². The van der Waals surface area contributed by atoms with Gasteiger partial charge >= 0.3 is 5.91 Å². The van der Waals surface area contributed by atoms with Crippen LogP contribution >= 0.6 is 0 Å². The Morgan fingerprint density at radius 1 is 1.26 bits per heavy atom. The van der Waals surface area contributed by atoms with Crippen molar-refractivity contribution in [3.63, 3.8) is 0 Å². The normalized spacial score (nSPS) is 20.4. The van der Waals surface area contributed by atoms with Crippen LogP contribution in [0.15, 0.2) is 69.7 Å². The number of carbonyl (C=O) groups is 2. The van der Waals surface area contributed by atoms with Crippen LogP contribution in [0.5, 0.6) is 0 Å². The molecule has 0 spiro atoms. The van der Waals surface area contributed by atoms with Crippen molar-refractivity contribution in [3.05, 3.63) is 82.2 Å². The Kier molecular flexibility index (Phi) is 4.94. The first-order chi connectivity index (χ1) is 14.7. The van der Waals surface area contributed by atoms with E-state index in [9.17, 15) is 14.9 Å². The van der Waals surface area contributed by atoms with E-state index < -0.39 is 11.8 Å². The Hall–Kier alpha value is -3.79. The lowest BCUT2D eigenvalue weighted by Crippen LogP contribution is -2.49. The highest BCUT2D eigenvalue weighted by Crippen LogP contribution is 2.48. The number of nitrogens with one attached hydrogen (secondary N) is 1. The van der Waals surface area contributed by atoms with Crippen LogP contribution in [-0.4, -0.2) is 16.7 Å². The number of allylic oxidation sites excluding steroid dienone is 3. The van der Waals surface area contributed by atoms with E-state index in [4.69, 9.17) is 10.2 Å². The van der Waals surface area contributed by atoms with E-state index in [1.807, 2.05) is 45.0 Å². The van der Waals surface area contributed by atoms with Crippen LogP contribution in [0.2, 0.25) is 0 Å². The molecule has 0 saturated heterocycles. The van der Waals surface area contributed by atoms with Gasteiger partial charge in [0.15, 0.2) is 11.5 Å². The predicted molar refractivity (Wildman–Crippen MR) is 114 cm³/mol. The third kappa shape index (κ3) is 3.61. The number of benzene rings is 1. The maximum atomic E-state index is 13.3. The van der Waals surface area contributed by atoms with E-state index in [1.54, 1.807) is 6.07 Å². The van der Waals surface area contributed by atoms with Crippen LogP contribution in [-0.2, 0) is 4.79 Å². The lowest BCUT2D eigenvalue weighted by molar-refractivity contribution is -0.118. The molecule has 1 unspecified atom stereocenters. The van der Waals surface area contributed by atoms with Crippen LogP contribution < -0.4 is 11.2 Å². The summed E-state index contributed by atoms with van der Waals surface area (Å²) in [7, 11) is 0. The number of rotatable bonds is 3. The second kappa shape index (κ2) is 7.47. The fourth-order valence-electron chi connectivity index (χ4n) is 4.29. The molecule has 4 rings (SSSR count). The second-order valence-electron chi connectivity index (χ2n) is 8.81. The SMILES string of the molecule is Cc1ccc(C2C(C#N)=C(N)N(NC(=O)c3ccco3)C3=C2C(=O)CC(C)(C)C3)cc1. The number of nitrogens with zero attached hydrogens (tertiary/aromatic N) is 2. The summed E-state index contributed by atoms with van der Waals surface area (Å²) < 4.78 is 5.18. The average Bonchev–Trinajstić information content (AvgIpc) is 3.24. The van der Waals surface area contributed by atoms with Gasteiger partial charge in [-0.05, 0) is 36.5 Å². The molecule has 1 aromatic carbocycles. The molecule has 1 aromatic heterocycles. The van der Waals surface area contributed by atoms with Gasteiger partial charge in [0.05, 0.1) is 29.5 Å². The lowest BCUT2D eigenvalue weighted by Gasteiger charge is -2.43. The minimum Gasteiger partial charge on any atom is -0.459 e. The largest absolute Gasteiger partial charge is 0.459 e. The van der Waals surface area contributed by atoms with E-state index >= 15 is 0 Å². The van der Waals surface area contributed by atoms with Crippen molar-refractivity contribution in [2.75, 3.05) is 0 Å². The van der Waals surface area contributed by atoms with Crippen molar-refractivity contribution < 1.29 is 14.0 Å². The molecule has 2 aromatic rings. The van der Waals surface area contributed by atoms with E-state index in [1.165, 1.54) is 17.3 Å². The molecule has 0 fully saturated rings. The maximum absolute atomic E-state index is 13.3. The highest BCUT2D eigenvalue weighted by molar-refractivity contribution is 6.00. The van der Waals surface area contributed by atoms with Gasteiger partial charge in [-0.3, -0.25) is 15.0 Å². The van der Waals surface area contributed by atoms with Crippen molar-refractivity contribution >= 4 is 11.7 Å². The Labute approximate surface area is 180 Å². The lowest BCUT2D eigenvalue weighted by atomic mass is 9.69. The predicted octanol–water partition coefficient (Wildman–Crippen LogP) is 3.67. The third-order valence-corrected chi connectivity index (χ3v) is 5.75. The van der Waals surface area contributed by atoms with Gasteiger partial charge < -0.3 is 10.2 Å². The standard InChI is InChI=1S/C24H24N4O3/c1-14-6-8-15(9-7-14)20-16(13-25)22(26)28(27-23(30)19-5-4-10-31-19)17-11-24(2,3)12-18(29)21(17)20/h4-10,20H,11-12,26H2,1-3H3,(H,27,30).